The van der Waals surface area contributed by atoms with Crippen LogP contribution in [0.1, 0.15) is 30.3 Å². The molecule has 0 aliphatic rings. The van der Waals surface area contributed by atoms with E-state index < -0.39 is 0 Å². The van der Waals surface area contributed by atoms with Gasteiger partial charge in [-0.25, -0.2) is 0 Å². The standard InChI is InChI=1S/C14H20N4O2/c1-10(19-3)14-16-13(20-17-14)9-18(2)8-11-5-4-6-12(15)7-11/h4-7,10H,8-9,15H2,1-3H3. The van der Waals surface area contributed by atoms with E-state index in [0.717, 1.165) is 17.8 Å². The fourth-order valence-corrected chi connectivity index (χ4v) is 1.89. The van der Waals surface area contributed by atoms with Gasteiger partial charge >= 0.3 is 0 Å². The lowest BCUT2D eigenvalue weighted by Gasteiger charge is -2.14. The van der Waals surface area contributed by atoms with Crippen LogP contribution in [0.4, 0.5) is 5.69 Å². The van der Waals surface area contributed by atoms with Crippen molar-refractivity contribution in [2.24, 2.45) is 0 Å². The Hall–Kier alpha value is -1.92. The van der Waals surface area contributed by atoms with Gasteiger partial charge in [-0.05, 0) is 31.7 Å². The molecule has 0 amide bonds. The zero-order valence-electron chi connectivity index (χ0n) is 12.0. The second-order valence-electron chi connectivity index (χ2n) is 4.84. The van der Waals surface area contributed by atoms with E-state index in [1.54, 1.807) is 7.11 Å². The van der Waals surface area contributed by atoms with Gasteiger partial charge < -0.3 is 15.0 Å². The number of rotatable bonds is 6. The number of anilines is 1. The van der Waals surface area contributed by atoms with E-state index in [0.29, 0.717) is 18.3 Å². The number of aromatic nitrogens is 2. The van der Waals surface area contributed by atoms with Crippen molar-refractivity contribution in [3.63, 3.8) is 0 Å². The van der Waals surface area contributed by atoms with Crippen LogP contribution in [0.25, 0.3) is 0 Å². The van der Waals surface area contributed by atoms with Crippen molar-refractivity contribution in [2.45, 2.75) is 26.1 Å². The Kier molecular flexibility index (Phi) is 4.70. The van der Waals surface area contributed by atoms with Gasteiger partial charge in [-0.15, -0.1) is 0 Å². The molecule has 2 rings (SSSR count). The minimum atomic E-state index is -0.160. The van der Waals surface area contributed by atoms with Gasteiger partial charge in [0.15, 0.2) is 5.82 Å². The normalized spacial score (nSPS) is 12.8. The Morgan fingerprint density at radius 2 is 2.20 bits per heavy atom. The average molecular weight is 276 g/mol. The lowest BCUT2D eigenvalue weighted by Crippen LogP contribution is -2.17. The van der Waals surface area contributed by atoms with Crippen LogP contribution in [0.2, 0.25) is 0 Å². The number of hydrogen-bond donors (Lipinski definition) is 1. The van der Waals surface area contributed by atoms with Crippen molar-refractivity contribution in [1.82, 2.24) is 15.0 Å². The third kappa shape index (κ3) is 3.79. The van der Waals surface area contributed by atoms with Crippen LogP contribution in [-0.4, -0.2) is 29.2 Å². The molecule has 0 radical (unpaired) electrons. The van der Waals surface area contributed by atoms with Crippen LogP contribution in [-0.2, 0) is 17.8 Å². The third-order valence-corrected chi connectivity index (χ3v) is 3.01. The molecule has 1 unspecified atom stereocenters. The van der Waals surface area contributed by atoms with Crippen LogP contribution >= 0.6 is 0 Å². The quantitative estimate of drug-likeness (QED) is 0.813. The molecule has 1 aromatic carbocycles. The van der Waals surface area contributed by atoms with E-state index in [9.17, 15) is 0 Å². The lowest BCUT2D eigenvalue weighted by molar-refractivity contribution is 0.109. The van der Waals surface area contributed by atoms with Gasteiger partial charge in [-0.1, -0.05) is 17.3 Å². The van der Waals surface area contributed by atoms with Gasteiger partial charge in [-0.2, -0.15) is 4.98 Å². The molecule has 0 saturated carbocycles. The largest absolute Gasteiger partial charge is 0.399 e. The highest BCUT2D eigenvalue weighted by Crippen LogP contribution is 2.14. The molecule has 108 valence electrons. The Labute approximate surface area is 118 Å². The van der Waals surface area contributed by atoms with Gasteiger partial charge in [0.1, 0.15) is 6.10 Å². The molecule has 2 aromatic rings. The molecule has 0 fully saturated rings. The van der Waals surface area contributed by atoms with Crippen LogP contribution in [0.3, 0.4) is 0 Å². The average Bonchev–Trinajstić information content (AvgIpc) is 2.86. The first-order valence-corrected chi connectivity index (χ1v) is 6.46. The topological polar surface area (TPSA) is 77.4 Å². The van der Waals surface area contributed by atoms with Crippen LogP contribution in [0.15, 0.2) is 28.8 Å². The number of hydrogen-bond acceptors (Lipinski definition) is 6. The van der Waals surface area contributed by atoms with Crippen molar-refractivity contribution in [3.8, 4) is 0 Å². The predicted octanol–water partition coefficient (Wildman–Crippen LogP) is 1.99. The van der Waals surface area contributed by atoms with Crippen molar-refractivity contribution < 1.29 is 9.26 Å². The van der Waals surface area contributed by atoms with Crippen molar-refractivity contribution in [1.29, 1.82) is 0 Å². The van der Waals surface area contributed by atoms with E-state index in [4.69, 9.17) is 15.0 Å². The lowest BCUT2D eigenvalue weighted by atomic mass is 10.2. The van der Waals surface area contributed by atoms with Crippen molar-refractivity contribution >= 4 is 5.69 Å². The molecular formula is C14H20N4O2. The van der Waals surface area contributed by atoms with Crippen LogP contribution in [0, 0.1) is 0 Å². The second-order valence-corrected chi connectivity index (χ2v) is 4.84. The minimum Gasteiger partial charge on any atom is -0.399 e. The zero-order chi connectivity index (χ0) is 14.5. The first kappa shape index (κ1) is 14.5. The maximum Gasteiger partial charge on any atom is 0.240 e. The Balaban J connectivity index is 1.94. The fourth-order valence-electron chi connectivity index (χ4n) is 1.89. The molecule has 1 atom stereocenters. The van der Waals surface area contributed by atoms with Crippen molar-refractivity contribution in [2.75, 3.05) is 19.9 Å². The molecule has 0 saturated heterocycles. The van der Waals surface area contributed by atoms with Gasteiger partial charge in [0.05, 0.1) is 6.54 Å². The molecule has 0 bridgehead atoms. The molecule has 0 aliphatic heterocycles. The molecule has 6 heteroatoms. The van der Waals surface area contributed by atoms with Crippen LogP contribution < -0.4 is 5.73 Å². The third-order valence-electron chi connectivity index (χ3n) is 3.01. The summed E-state index contributed by atoms with van der Waals surface area (Å²) in [7, 11) is 3.61. The summed E-state index contributed by atoms with van der Waals surface area (Å²) in [5, 5.41) is 3.90. The smallest absolute Gasteiger partial charge is 0.240 e. The number of methoxy groups -OCH3 is 1. The fraction of sp³-hybridized carbons (Fsp3) is 0.429. The van der Waals surface area contributed by atoms with Crippen LogP contribution in [0.5, 0.6) is 0 Å². The minimum absolute atomic E-state index is 0.160. The summed E-state index contributed by atoms with van der Waals surface area (Å²) < 4.78 is 10.4. The van der Waals surface area contributed by atoms with Gasteiger partial charge in [0, 0.05) is 19.3 Å². The van der Waals surface area contributed by atoms with Crippen molar-refractivity contribution in [3.05, 3.63) is 41.5 Å². The summed E-state index contributed by atoms with van der Waals surface area (Å²) >= 11 is 0. The number of nitrogen functional groups attached to an aromatic ring is 1. The SMILES string of the molecule is COC(C)c1noc(CN(C)Cc2cccc(N)c2)n1. The highest BCUT2D eigenvalue weighted by Gasteiger charge is 2.14. The summed E-state index contributed by atoms with van der Waals surface area (Å²) in [6.07, 6.45) is -0.160. The molecule has 2 N–H and O–H groups in total. The van der Waals surface area contributed by atoms with E-state index in [-0.39, 0.29) is 6.10 Å². The van der Waals surface area contributed by atoms with E-state index in [1.807, 2.05) is 38.2 Å². The number of nitrogens with two attached hydrogens (primary N) is 1. The van der Waals surface area contributed by atoms with Gasteiger partial charge in [-0.3, -0.25) is 4.90 Å². The monoisotopic (exact) mass is 276 g/mol. The Morgan fingerprint density at radius 1 is 1.40 bits per heavy atom. The van der Waals surface area contributed by atoms with E-state index in [1.165, 1.54) is 0 Å². The highest BCUT2D eigenvalue weighted by molar-refractivity contribution is 5.40. The summed E-state index contributed by atoms with van der Waals surface area (Å²) in [4.78, 5) is 6.40. The van der Waals surface area contributed by atoms with E-state index >= 15 is 0 Å². The first-order valence-electron chi connectivity index (χ1n) is 6.46. The summed E-state index contributed by atoms with van der Waals surface area (Å²) in [6, 6.07) is 7.82. The predicted molar refractivity (Wildman–Crippen MR) is 75.7 cm³/mol. The first-order chi connectivity index (χ1) is 9.58. The maximum absolute atomic E-state index is 5.77. The van der Waals surface area contributed by atoms with Gasteiger partial charge in [0.25, 0.3) is 0 Å². The van der Waals surface area contributed by atoms with Gasteiger partial charge in [0.2, 0.25) is 5.89 Å². The Bertz CT molecular complexity index is 556. The number of nitrogens with zero attached hydrogens (tertiary/aromatic N) is 3. The second kappa shape index (κ2) is 6.49. The highest BCUT2D eigenvalue weighted by atomic mass is 16.5. The molecule has 1 heterocycles. The zero-order valence-corrected chi connectivity index (χ0v) is 12.0. The summed E-state index contributed by atoms with van der Waals surface area (Å²) in [5.74, 6) is 1.15. The molecular weight excluding hydrogens is 256 g/mol. The molecule has 20 heavy (non-hydrogen) atoms. The number of ether oxygens (including phenoxy) is 1. The summed E-state index contributed by atoms with van der Waals surface area (Å²) in [6.45, 7) is 3.23. The maximum atomic E-state index is 5.77. The molecule has 0 spiro atoms. The molecule has 6 nitrogen and oxygen atoms in total. The molecule has 0 aliphatic carbocycles. The summed E-state index contributed by atoms with van der Waals surface area (Å²) in [5.41, 5.74) is 7.68. The number of benzene rings is 1. The van der Waals surface area contributed by atoms with E-state index in [2.05, 4.69) is 15.0 Å². The molecule has 1 aromatic heterocycles. The Morgan fingerprint density at radius 3 is 2.90 bits per heavy atom.